The number of nitrogens with zero attached hydrogens (tertiary/aromatic N) is 1. The van der Waals surface area contributed by atoms with E-state index in [0.717, 1.165) is 31.6 Å². The van der Waals surface area contributed by atoms with Crippen LogP contribution in [0.15, 0.2) is 12.5 Å². The highest BCUT2D eigenvalue weighted by molar-refractivity contribution is 4.93. The average Bonchev–Trinajstić information content (AvgIpc) is 2.78. The second kappa shape index (κ2) is 5.88. The minimum absolute atomic E-state index is 0.0278. The lowest BCUT2D eigenvalue weighted by Crippen LogP contribution is -2.36. The number of aliphatic hydroxyl groups is 1. The van der Waals surface area contributed by atoms with Crippen molar-refractivity contribution in [1.82, 2.24) is 15.3 Å². The van der Waals surface area contributed by atoms with Crippen molar-refractivity contribution in [3.05, 3.63) is 18.2 Å². The van der Waals surface area contributed by atoms with E-state index in [-0.39, 0.29) is 12.0 Å². The Bertz CT molecular complexity index is 247. The third-order valence-corrected chi connectivity index (χ3v) is 3.21. The molecule has 1 heterocycles. The van der Waals surface area contributed by atoms with Crippen molar-refractivity contribution in [1.29, 1.82) is 0 Å². The maximum absolute atomic E-state index is 9.37. The molecule has 4 heteroatoms. The highest BCUT2D eigenvalue weighted by atomic mass is 16.3. The van der Waals surface area contributed by atoms with E-state index < -0.39 is 0 Å². The van der Waals surface area contributed by atoms with Gasteiger partial charge in [-0.05, 0) is 12.8 Å². The van der Waals surface area contributed by atoms with Gasteiger partial charge in [0.15, 0.2) is 0 Å². The van der Waals surface area contributed by atoms with Crippen molar-refractivity contribution >= 4 is 0 Å². The number of H-pyrrole nitrogens is 1. The number of aliphatic hydroxyl groups excluding tert-OH is 1. The molecule has 4 nitrogen and oxygen atoms in total. The van der Waals surface area contributed by atoms with Gasteiger partial charge >= 0.3 is 0 Å². The molecule has 0 atom stereocenters. The molecular formula is C11H21N3O. The lowest BCUT2D eigenvalue weighted by atomic mass is 9.83. The highest BCUT2D eigenvalue weighted by Crippen LogP contribution is 2.24. The highest BCUT2D eigenvalue weighted by Gasteiger charge is 2.24. The van der Waals surface area contributed by atoms with Gasteiger partial charge in [0.05, 0.1) is 6.33 Å². The van der Waals surface area contributed by atoms with Crippen molar-refractivity contribution in [2.24, 2.45) is 5.41 Å². The minimum atomic E-state index is 0.0278. The predicted octanol–water partition coefficient (Wildman–Crippen LogP) is 1.30. The number of aromatic nitrogens is 2. The molecule has 0 fully saturated rings. The molecule has 0 unspecified atom stereocenters. The smallest absolute Gasteiger partial charge is 0.0922 e. The molecule has 0 aromatic carbocycles. The third kappa shape index (κ3) is 3.32. The molecule has 0 bridgehead atoms. The van der Waals surface area contributed by atoms with Gasteiger partial charge in [-0.25, -0.2) is 4.98 Å². The topological polar surface area (TPSA) is 60.9 Å². The van der Waals surface area contributed by atoms with Crippen LogP contribution >= 0.6 is 0 Å². The van der Waals surface area contributed by atoms with E-state index >= 15 is 0 Å². The number of hydrogen-bond acceptors (Lipinski definition) is 3. The summed E-state index contributed by atoms with van der Waals surface area (Å²) in [6.45, 7) is 6.11. The molecule has 0 aliphatic heterocycles. The summed E-state index contributed by atoms with van der Waals surface area (Å²) in [6, 6.07) is 0. The first-order valence-corrected chi connectivity index (χ1v) is 5.55. The Morgan fingerprint density at radius 3 is 2.67 bits per heavy atom. The first-order valence-electron chi connectivity index (χ1n) is 5.55. The van der Waals surface area contributed by atoms with Gasteiger partial charge in [0.2, 0.25) is 0 Å². The molecule has 15 heavy (non-hydrogen) atoms. The van der Waals surface area contributed by atoms with E-state index in [1.807, 2.05) is 6.20 Å². The summed E-state index contributed by atoms with van der Waals surface area (Å²) in [5.41, 5.74) is 1.11. The van der Waals surface area contributed by atoms with Crippen LogP contribution < -0.4 is 5.32 Å². The summed E-state index contributed by atoms with van der Waals surface area (Å²) >= 11 is 0. The molecule has 0 amide bonds. The Morgan fingerprint density at radius 1 is 1.47 bits per heavy atom. The average molecular weight is 211 g/mol. The van der Waals surface area contributed by atoms with Gasteiger partial charge < -0.3 is 15.4 Å². The van der Waals surface area contributed by atoms with E-state index in [1.165, 1.54) is 0 Å². The Morgan fingerprint density at radius 2 is 2.20 bits per heavy atom. The Balaban J connectivity index is 2.34. The van der Waals surface area contributed by atoms with Crippen LogP contribution in [-0.2, 0) is 6.54 Å². The first kappa shape index (κ1) is 12.2. The second-order valence-corrected chi connectivity index (χ2v) is 4.05. The molecule has 3 N–H and O–H groups in total. The first-order chi connectivity index (χ1) is 7.26. The number of rotatable bonds is 7. The largest absolute Gasteiger partial charge is 0.396 e. The van der Waals surface area contributed by atoms with Crippen LogP contribution in [0.1, 0.15) is 32.4 Å². The van der Waals surface area contributed by atoms with Gasteiger partial charge in [-0.2, -0.15) is 0 Å². The van der Waals surface area contributed by atoms with Gasteiger partial charge in [-0.15, -0.1) is 0 Å². The van der Waals surface area contributed by atoms with Crippen LogP contribution in [0.3, 0.4) is 0 Å². The summed E-state index contributed by atoms with van der Waals surface area (Å²) < 4.78 is 0. The summed E-state index contributed by atoms with van der Waals surface area (Å²) in [7, 11) is 0. The van der Waals surface area contributed by atoms with Gasteiger partial charge in [-0.3, -0.25) is 0 Å². The SMILES string of the molecule is CCC(CC)(CO)CNCc1cnc[nH]1. The zero-order valence-electron chi connectivity index (χ0n) is 9.58. The second-order valence-electron chi connectivity index (χ2n) is 4.05. The minimum Gasteiger partial charge on any atom is -0.396 e. The number of imidazole rings is 1. The van der Waals surface area contributed by atoms with Gasteiger partial charge in [-0.1, -0.05) is 13.8 Å². The van der Waals surface area contributed by atoms with Gasteiger partial charge in [0.25, 0.3) is 0 Å². The Labute approximate surface area is 91.1 Å². The lowest BCUT2D eigenvalue weighted by Gasteiger charge is -2.29. The molecule has 86 valence electrons. The fourth-order valence-electron chi connectivity index (χ4n) is 1.62. The van der Waals surface area contributed by atoms with Crippen molar-refractivity contribution in [3.8, 4) is 0 Å². The lowest BCUT2D eigenvalue weighted by molar-refractivity contribution is 0.113. The number of aromatic amines is 1. The molecule has 1 rings (SSSR count). The Kier molecular flexibility index (Phi) is 4.78. The number of nitrogens with one attached hydrogen (secondary N) is 2. The van der Waals surface area contributed by atoms with Crippen LogP contribution in [-0.4, -0.2) is 28.2 Å². The zero-order valence-corrected chi connectivity index (χ0v) is 9.58. The van der Waals surface area contributed by atoms with Crippen LogP contribution in [0.25, 0.3) is 0 Å². The molecule has 0 saturated carbocycles. The summed E-state index contributed by atoms with van der Waals surface area (Å²) in [4.78, 5) is 6.99. The fraction of sp³-hybridized carbons (Fsp3) is 0.727. The van der Waals surface area contributed by atoms with Crippen LogP contribution in [0.2, 0.25) is 0 Å². The Hall–Kier alpha value is -0.870. The van der Waals surface area contributed by atoms with Crippen LogP contribution in [0.5, 0.6) is 0 Å². The van der Waals surface area contributed by atoms with E-state index in [4.69, 9.17) is 0 Å². The zero-order chi connectivity index (χ0) is 11.1. The van der Waals surface area contributed by atoms with E-state index in [1.54, 1.807) is 6.33 Å². The molecule has 0 aliphatic carbocycles. The summed E-state index contributed by atoms with van der Waals surface area (Å²) in [5.74, 6) is 0. The standard InChI is InChI=1S/C11H21N3O/c1-3-11(4-2,8-15)7-12-5-10-6-13-9-14-10/h6,9,12,15H,3-5,7-8H2,1-2H3,(H,13,14). The summed E-state index contributed by atoms with van der Waals surface area (Å²) in [5, 5.41) is 12.7. The monoisotopic (exact) mass is 211 g/mol. The normalized spacial score (nSPS) is 11.9. The maximum Gasteiger partial charge on any atom is 0.0922 e. The molecule has 0 aliphatic rings. The molecule has 0 radical (unpaired) electrons. The molecular weight excluding hydrogens is 190 g/mol. The molecule has 1 aromatic rings. The number of hydrogen-bond donors (Lipinski definition) is 3. The van der Waals surface area contributed by atoms with Gasteiger partial charge in [0.1, 0.15) is 0 Å². The fourth-order valence-corrected chi connectivity index (χ4v) is 1.62. The maximum atomic E-state index is 9.37. The van der Waals surface area contributed by atoms with Crippen molar-refractivity contribution in [2.45, 2.75) is 33.2 Å². The predicted molar refractivity (Wildman–Crippen MR) is 60.4 cm³/mol. The molecule has 0 spiro atoms. The quantitative estimate of drug-likeness (QED) is 0.637. The van der Waals surface area contributed by atoms with Crippen molar-refractivity contribution < 1.29 is 5.11 Å². The van der Waals surface area contributed by atoms with Gasteiger partial charge in [0, 0.05) is 37.0 Å². The van der Waals surface area contributed by atoms with E-state index in [9.17, 15) is 5.11 Å². The molecule has 0 saturated heterocycles. The van der Waals surface area contributed by atoms with E-state index in [2.05, 4.69) is 29.1 Å². The van der Waals surface area contributed by atoms with Crippen LogP contribution in [0, 0.1) is 5.41 Å². The summed E-state index contributed by atoms with van der Waals surface area (Å²) in [6.07, 6.45) is 5.48. The molecule has 1 aromatic heterocycles. The van der Waals surface area contributed by atoms with Crippen molar-refractivity contribution in [3.63, 3.8) is 0 Å². The van der Waals surface area contributed by atoms with Crippen molar-refractivity contribution in [2.75, 3.05) is 13.2 Å². The van der Waals surface area contributed by atoms with E-state index in [0.29, 0.717) is 0 Å². The third-order valence-electron chi connectivity index (χ3n) is 3.21. The van der Waals surface area contributed by atoms with Crippen LogP contribution in [0.4, 0.5) is 0 Å².